The summed E-state index contributed by atoms with van der Waals surface area (Å²) >= 11 is 6.01. The molecule has 0 spiro atoms. The van der Waals surface area contributed by atoms with Gasteiger partial charge in [0.2, 0.25) is 11.0 Å². The van der Waals surface area contributed by atoms with Gasteiger partial charge in [-0.05, 0) is 19.1 Å². The highest BCUT2D eigenvalue weighted by molar-refractivity contribution is 7.97. The van der Waals surface area contributed by atoms with Gasteiger partial charge in [-0.3, -0.25) is 4.79 Å². The maximum Gasteiger partial charge on any atom is 0.219 e. The largest absolute Gasteiger partial charge is 0.372 e. The third-order valence-corrected chi connectivity index (χ3v) is 6.85. The first kappa shape index (κ1) is 16.6. The lowest BCUT2D eigenvalue weighted by atomic mass is 10.0. The van der Waals surface area contributed by atoms with Crippen LogP contribution >= 0.6 is 11.6 Å². The molecule has 0 bridgehead atoms. The first-order valence-electron chi connectivity index (χ1n) is 7.75. The Morgan fingerprint density at radius 1 is 1.04 bits per heavy atom. The van der Waals surface area contributed by atoms with Gasteiger partial charge in [0.1, 0.15) is 11.5 Å². The van der Waals surface area contributed by atoms with E-state index < -0.39 is 0 Å². The van der Waals surface area contributed by atoms with Gasteiger partial charge in [0.25, 0.3) is 0 Å². The van der Waals surface area contributed by atoms with Crippen molar-refractivity contribution in [3.63, 3.8) is 0 Å². The molecule has 1 aliphatic rings. The SMILES string of the molecule is Cc1ccc(C(=O)C(c2ccc(Cl)cc2)[S+]2CCOCC2)cc1. The van der Waals surface area contributed by atoms with Crippen LogP contribution in [0.5, 0.6) is 0 Å². The van der Waals surface area contributed by atoms with Crippen LogP contribution in [0.3, 0.4) is 0 Å². The second kappa shape index (κ2) is 7.52. The van der Waals surface area contributed by atoms with E-state index in [1.165, 1.54) is 0 Å². The van der Waals surface area contributed by atoms with E-state index in [0.29, 0.717) is 5.02 Å². The fourth-order valence-electron chi connectivity index (χ4n) is 2.77. The van der Waals surface area contributed by atoms with Gasteiger partial charge in [0.05, 0.1) is 13.2 Å². The number of ether oxygens (including phenoxy) is 1. The molecule has 3 rings (SSSR count). The molecule has 0 aliphatic carbocycles. The molecule has 1 atom stereocenters. The van der Waals surface area contributed by atoms with Crippen molar-refractivity contribution >= 4 is 28.3 Å². The summed E-state index contributed by atoms with van der Waals surface area (Å²) in [4.78, 5) is 13.2. The summed E-state index contributed by atoms with van der Waals surface area (Å²) in [6, 6.07) is 15.6. The van der Waals surface area contributed by atoms with E-state index in [-0.39, 0.29) is 21.9 Å². The number of carbonyl (C=O) groups excluding carboxylic acids is 1. The lowest BCUT2D eigenvalue weighted by molar-refractivity contribution is 0.0987. The lowest BCUT2D eigenvalue weighted by Crippen LogP contribution is -2.34. The van der Waals surface area contributed by atoms with Crippen molar-refractivity contribution in [3.8, 4) is 0 Å². The summed E-state index contributed by atoms with van der Waals surface area (Å²) in [6.07, 6.45) is 0. The molecule has 1 unspecified atom stereocenters. The zero-order valence-electron chi connectivity index (χ0n) is 13.1. The number of aryl methyl sites for hydroxylation is 1. The topological polar surface area (TPSA) is 26.3 Å². The average molecular weight is 348 g/mol. The number of benzene rings is 2. The summed E-state index contributed by atoms with van der Waals surface area (Å²) in [5, 5.41) is 0.601. The van der Waals surface area contributed by atoms with E-state index in [1.54, 1.807) is 0 Å². The molecular formula is C19H20ClO2S+. The summed E-state index contributed by atoms with van der Waals surface area (Å²) in [6.45, 7) is 3.52. The van der Waals surface area contributed by atoms with Crippen molar-refractivity contribution < 1.29 is 9.53 Å². The van der Waals surface area contributed by atoms with Crippen LogP contribution in [-0.4, -0.2) is 30.5 Å². The zero-order valence-corrected chi connectivity index (χ0v) is 14.7. The number of Topliss-reactive ketones (excluding diaryl/α,β-unsaturated/α-hetero) is 1. The van der Waals surface area contributed by atoms with E-state index in [1.807, 2.05) is 55.5 Å². The summed E-state index contributed by atoms with van der Waals surface area (Å²) in [7, 11) is 0.00641. The van der Waals surface area contributed by atoms with Gasteiger partial charge >= 0.3 is 0 Å². The van der Waals surface area contributed by atoms with Gasteiger partial charge in [0.15, 0.2) is 0 Å². The minimum atomic E-state index is -0.0983. The monoisotopic (exact) mass is 347 g/mol. The molecule has 1 fully saturated rings. The highest BCUT2D eigenvalue weighted by atomic mass is 35.5. The van der Waals surface area contributed by atoms with Gasteiger partial charge in [-0.2, -0.15) is 0 Å². The standard InChI is InChI=1S/C19H20ClO2S/c1-14-2-4-15(5-3-14)18(21)19(23-12-10-22-11-13-23)16-6-8-17(20)9-7-16/h2-9,19H,10-13H2,1H3/q+1. The van der Waals surface area contributed by atoms with Crippen LogP contribution in [0.4, 0.5) is 0 Å². The van der Waals surface area contributed by atoms with Crippen LogP contribution < -0.4 is 0 Å². The summed E-state index contributed by atoms with van der Waals surface area (Å²) in [5.41, 5.74) is 3.01. The molecule has 0 saturated carbocycles. The third kappa shape index (κ3) is 3.97. The molecule has 0 radical (unpaired) electrons. The van der Waals surface area contributed by atoms with Gasteiger partial charge < -0.3 is 4.74 Å². The second-order valence-electron chi connectivity index (χ2n) is 5.72. The van der Waals surface area contributed by atoms with E-state index in [4.69, 9.17) is 16.3 Å². The maximum absolute atomic E-state index is 13.2. The Kier molecular flexibility index (Phi) is 5.42. The third-order valence-electron chi connectivity index (χ3n) is 4.06. The molecule has 2 aromatic carbocycles. The smallest absolute Gasteiger partial charge is 0.219 e. The van der Waals surface area contributed by atoms with Gasteiger partial charge in [-0.15, -0.1) is 0 Å². The molecule has 0 amide bonds. The van der Waals surface area contributed by atoms with Crippen LogP contribution in [0.1, 0.15) is 26.7 Å². The normalized spacial score (nSPS) is 17.0. The molecule has 23 heavy (non-hydrogen) atoms. The minimum absolute atomic E-state index is 0.00641. The Hall–Kier alpha value is -1.29. The molecular weight excluding hydrogens is 328 g/mol. The molecule has 2 aromatic rings. The number of halogens is 1. The second-order valence-corrected chi connectivity index (χ2v) is 8.52. The van der Waals surface area contributed by atoms with Crippen LogP contribution in [-0.2, 0) is 15.6 Å². The number of hydrogen-bond donors (Lipinski definition) is 0. The molecule has 1 heterocycles. The predicted molar refractivity (Wildman–Crippen MR) is 97.6 cm³/mol. The van der Waals surface area contributed by atoms with Crippen molar-refractivity contribution in [2.75, 3.05) is 24.7 Å². The number of carbonyl (C=O) groups is 1. The van der Waals surface area contributed by atoms with Crippen molar-refractivity contribution in [2.45, 2.75) is 12.2 Å². The highest BCUT2D eigenvalue weighted by Gasteiger charge is 2.39. The molecule has 0 aromatic heterocycles. The van der Waals surface area contributed by atoms with Crippen molar-refractivity contribution in [2.24, 2.45) is 0 Å². The van der Waals surface area contributed by atoms with Gasteiger partial charge in [0, 0.05) is 27.0 Å². The van der Waals surface area contributed by atoms with Crippen molar-refractivity contribution in [3.05, 3.63) is 70.2 Å². The first-order valence-corrected chi connectivity index (χ1v) is 9.76. The Morgan fingerprint density at radius 3 is 2.26 bits per heavy atom. The van der Waals surface area contributed by atoms with E-state index in [0.717, 1.165) is 41.4 Å². The average Bonchev–Trinajstić information content (AvgIpc) is 2.58. The van der Waals surface area contributed by atoms with E-state index in [9.17, 15) is 4.79 Å². The quantitative estimate of drug-likeness (QED) is 0.611. The highest BCUT2D eigenvalue weighted by Crippen LogP contribution is 2.31. The summed E-state index contributed by atoms with van der Waals surface area (Å²) in [5.74, 6) is 2.10. The number of ketones is 1. The molecule has 2 nitrogen and oxygen atoms in total. The molecule has 0 N–H and O–H groups in total. The van der Waals surface area contributed by atoms with Crippen LogP contribution in [0.15, 0.2) is 48.5 Å². The van der Waals surface area contributed by atoms with E-state index >= 15 is 0 Å². The van der Waals surface area contributed by atoms with Gasteiger partial charge in [-0.1, -0.05) is 53.6 Å². The first-order chi connectivity index (χ1) is 11.1. The predicted octanol–water partition coefficient (Wildman–Crippen LogP) is 4.22. The minimum Gasteiger partial charge on any atom is -0.372 e. The van der Waals surface area contributed by atoms with E-state index in [2.05, 4.69) is 0 Å². The molecule has 1 saturated heterocycles. The Bertz CT molecular complexity index is 661. The number of rotatable bonds is 4. The Balaban J connectivity index is 1.94. The molecule has 4 heteroatoms. The molecule has 1 aliphatic heterocycles. The van der Waals surface area contributed by atoms with Crippen LogP contribution in [0.2, 0.25) is 5.02 Å². The maximum atomic E-state index is 13.2. The lowest BCUT2D eigenvalue weighted by Gasteiger charge is -2.22. The van der Waals surface area contributed by atoms with Crippen molar-refractivity contribution in [1.82, 2.24) is 0 Å². The van der Waals surface area contributed by atoms with Crippen molar-refractivity contribution in [1.29, 1.82) is 0 Å². The summed E-state index contributed by atoms with van der Waals surface area (Å²) < 4.78 is 5.48. The van der Waals surface area contributed by atoms with Crippen LogP contribution in [0, 0.1) is 6.92 Å². The van der Waals surface area contributed by atoms with Gasteiger partial charge in [-0.25, -0.2) is 0 Å². The Labute approximate surface area is 145 Å². The number of hydrogen-bond acceptors (Lipinski definition) is 2. The zero-order chi connectivity index (χ0) is 16.2. The fraction of sp³-hybridized carbons (Fsp3) is 0.316. The fourth-order valence-corrected chi connectivity index (χ4v) is 5.22. The Morgan fingerprint density at radius 2 is 1.65 bits per heavy atom. The van der Waals surface area contributed by atoms with Crippen LogP contribution in [0.25, 0.3) is 0 Å². The molecule has 120 valence electrons.